The van der Waals surface area contributed by atoms with Gasteiger partial charge in [0.15, 0.2) is 5.84 Å². The second-order valence-corrected chi connectivity index (χ2v) is 19.2. The van der Waals surface area contributed by atoms with Crippen LogP contribution in [0.1, 0.15) is 68.9 Å². The zero-order chi connectivity index (χ0) is 41.9. The van der Waals surface area contributed by atoms with E-state index in [1.54, 1.807) is 55.5 Å². The van der Waals surface area contributed by atoms with Gasteiger partial charge in [-0.3, -0.25) is 18.7 Å². The molecule has 0 aromatic heterocycles. The number of hydrogen-bond donors (Lipinski definition) is 4. The number of amidine groups is 1. The number of allylic oxidation sites excluding steroid dienone is 9. The Balaban J connectivity index is 1.88. The molecule has 0 saturated heterocycles. The van der Waals surface area contributed by atoms with Gasteiger partial charge in [0.1, 0.15) is 0 Å². The van der Waals surface area contributed by atoms with E-state index in [0.717, 1.165) is 0 Å². The molecule has 0 bridgehead atoms. The van der Waals surface area contributed by atoms with Crippen molar-refractivity contribution in [2.75, 3.05) is 29.5 Å². The van der Waals surface area contributed by atoms with Gasteiger partial charge in [-0.15, -0.1) is 0 Å². The van der Waals surface area contributed by atoms with Crippen molar-refractivity contribution in [1.82, 2.24) is 0 Å². The zero-order valence-electron chi connectivity index (χ0n) is 31.3. The first-order valence-corrected chi connectivity index (χ1v) is 22.3. The minimum Gasteiger partial charge on any atom is -0.478 e. The number of halogens is 1. The Morgan fingerprint density at radius 3 is 2.07 bits per heavy atom. The molecule has 0 aliphatic carbocycles. The molecular weight excluding hydrogens is 806 g/mol. The van der Waals surface area contributed by atoms with Crippen molar-refractivity contribution in [2.24, 2.45) is 15.4 Å². The summed E-state index contributed by atoms with van der Waals surface area (Å²) >= 11 is 6.41. The van der Waals surface area contributed by atoms with Crippen molar-refractivity contribution >= 4 is 70.7 Å². The van der Waals surface area contributed by atoms with Crippen LogP contribution in [0.25, 0.3) is 5.57 Å². The van der Waals surface area contributed by atoms with E-state index in [-0.39, 0.29) is 36.4 Å². The van der Waals surface area contributed by atoms with Gasteiger partial charge in [-0.05, 0) is 85.0 Å². The van der Waals surface area contributed by atoms with Gasteiger partial charge in [0.25, 0.3) is 30.4 Å². The molecule has 302 valence electrons. The summed E-state index contributed by atoms with van der Waals surface area (Å²) < 4.78 is 98.3. The third-order valence-corrected chi connectivity index (χ3v) is 12.2. The smallest absolute Gasteiger partial charge is 0.335 e. The van der Waals surface area contributed by atoms with Gasteiger partial charge in [0, 0.05) is 45.9 Å². The first kappa shape index (κ1) is 44.5. The second kappa shape index (κ2) is 17.1. The Bertz CT molecular complexity index is 2440. The van der Waals surface area contributed by atoms with E-state index in [4.69, 9.17) is 21.1 Å². The Hall–Kier alpha value is -4.23. The first-order valence-electron chi connectivity index (χ1n) is 17.3. The van der Waals surface area contributed by atoms with Gasteiger partial charge < -0.3 is 10.0 Å². The van der Waals surface area contributed by atoms with Gasteiger partial charge >= 0.3 is 5.97 Å². The van der Waals surface area contributed by atoms with Crippen molar-refractivity contribution < 1.29 is 48.8 Å². The maximum atomic E-state index is 12.1. The monoisotopic (exact) mass is 849 g/mol. The van der Waals surface area contributed by atoms with E-state index >= 15 is 0 Å². The lowest BCUT2D eigenvalue weighted by Crippen LogP contribution is -2.28. The molecule has 4 rings (SSSR count). The number of aromatic carboxylic acids is 1. The minimum atomic E-state index is -4.55. The highest BCUT2D eigenvalue weighted by atomic mass is 35.5. The van der Waals surface area contributed by atoms with E-state index in [2.05, 4.69) is 4.99 Å². The highest BCUT2D eigenvalue weighted by molar-refractivity contribution is 7.86. The van der Waals surface area contributed by atoms with Crippen LogP contribution in [0.4, 0.5) is 5.69 Å². The number of fused-ring (bicyclic) bond motifs is 1. The standard InChI is InChI=1S/C38H44ClN3O11S3/c1-6-28(39)23-31-35(40-19-7-21-54(45,46)47)41-33(37(31,2)3)17-13-26(25-9-11-27(12-10-25)36(43)44)14-18-34-38(4,5)30-24-29(56(51,52)53)15-16-32(30)42(34)20-8-22-55(48,49)50/h6,9-18,23-24H,7-8,19-22H2,1-5H3,(H,43,44)(H,45,46,47)(H,48,49,50)(H,51,52,53)/b17-13+,26-14-,28-6+,31-23+,34-18+,40-35-. The van der Waals surface area contributed by atoms with Crippen molar-refractivity contribution in [3.05, 3.63) is 112 Å². The van der Waals surface area contributed by atoms with E-state index < -0.39 is 58.7 Å². The molecular formula is C38H44ClN3O11S3. The van der Waals surface area contributed by atoms with E-state index in [0.29, 0.717) is 50.2 Å². The first-order chi connectivity index (χ1) is 25.8. The largest absolute Gasteiger partial charge is 0.478 e. The predicted octanol–water partition coefficient (Wildman–Crippen LogP) is 6.76. The quantitative estimate of drug-likeness (QED) is 0.0828. The van der Waals surface area contributed by atoms with Crippen molar-refractivity contribution in [1.29, 1.82) is 0 Å². The number of carboxylic acids is 1. The van der Waals surface area contributed by atoms with Crippen LogP contribution < -0.4 is 4.90 Å². The van der Waals surface area contributed by atoms with Crippen LogP contribution in [0.3, 0.4) is 0 Å². The van der Waals surface area contributed by atoms with Gasteiger partial charge in [0.05, 0.1) is 27.7 Å². The molecule has 0 atom stereocenters. The van der Waals surface area contributed by atoms with E-state index in [1.807, 2.05) is 32.6 Å². The zero-order valence-corrected chi connectivity index (χ0v) is 34.5. The molecule has 0 amide bonds. The summed E-state index contributed by atoms with van der Waals surface area (Å²) in [7, 11) is -13.0. The third-order valence-electron chi connectivity index (χ3n) is 9.41. The summed E-state index contributed by atoms with van der Waals surface area (Å²) in [5.74, 6) is -1.77. The fourth-order valence-electron chi connectivity index (χ4n) is 6.35. The molecule has 2 aliphatic rings. The summed E-state index contributed by atoms with van der Waals surface area (Å²) in [6.45, 7) is 9.47. The fourth-order valence-corrected chi connectivity index (χ4v) is 7.95. The van der Waals surface area contributed by atoms with Gasteiger partial charge in [-0.1, -0.05) is 69.7 Å². The normalized spacial score (nSPS) is 19.7. The van der Waals surface area contributed by atoms with Crippen LogP contribution in [0.2, 0.25) is 0 Å². The molecule has 2 aromatic rings. The molecule has 14 nitrogen and oxygen atoms in total. The Morgan fingerprint density at radius 2 is 1.50 bits per heavy atom. The van der Waals surface area contributed by atoms with Crippen molar-refractivity contribution in [3.8, 4) is 0 Å². The maximum absolute atomic E-state index is 12.1. The molecule has 18 heteroatoms. The summed E-state index contributed by atoms with van der Waals surface area (Å²) in [6, 6.07) is 10.3. The fraction of sp³-hybridized carbons (Fsp3) is 0.342. The number of aliphatic imine (C=N–C) groups is 2. The topological polar surface area (TPSA) is 228 Å². The highest BCUT2D eigenvalue weighted by Gasteiger charge is 2.41. The van der Waals surface area contributed by atoms with Gasteiger partial charge in [-0.2, -0.15) is 25.3 Å². The third kappa shape index (κ3) is 11.0. The summed E-state index contributed by atoms with van der Waals surface area (Å²) in [5, 5.41) is 9.96. The van der Waals surface area contributed by atoms with E-state index in [1.165, 1.54) is 30.3 Å². The molecule has 2 aromatic carbocycles. The lowest BCUT2D eigenvalue weighted by Gasteiger charge is -2.27. The number of nitrogens with zero attached hydrogens (tertiary/aromatic N) is 3. The van der Waals surface area contributed by atoms with Gasteiger partial charge in [-0.25, -0.2) is 9.79 Å². The molecule has 2 heterocycles. The average Bonchev–Trinajstić information content (AvgIpc) is 3.45. The Kier molecular flexibility index (Phi) is 13.6. The molecule has 0 unspecified atom stereocenters. The molecule has 4 N–H and O–H groups in total. The number of carboxylic acid groups (broad SMARTS) is 1. The van der Waals surface area contributed by atoms with Crippen molar-refractivity contribution in [2.45, 2.75) is 57.8 Å². The SMILES string of the molecule is C\C=C(Cl)/C=C1\C(=N\CCCS(=O)(=O)O)N=C(/C=C/C(=C/C=C2/N(CCCS(=O)(=O)O)c3ccc(S(=O)(=O)O)cc3C2(C)C)c2ccc(C(=O)O)cc2)C1(C)C. The van der Waals surface area contributed by atoms with E-state index in [9.17, 15) is 44.3 Å². The van der Waals surface area contributed by atoms with Crippen LogP contribution in [-0.2, 0) is 35.8 Å². The number of carbonyl (C=O) groups is 1. The molecule has 0 fully saturated rings. The highest BCUT2D eigenvalue weighted by Crippen LogP contribution is 2.48. The summed E-state index contributed by atoms with van der Waals surface area (Å²) in [4.78, 5) is 22.5. The Morgan fingerprint density at radius 1 is 0.893 bits per heavy atom. The minimum absolute atomic E-state index is 0.0283. The van der Waals surface area contributed by atoms with Crippen molar-refractivity contribution in [3.63, 3.8) is 0 Å². The molecule has 0 saturated carbocycles. The lowest BCUT2D eigenvalue weighted by molar-refractivity contribution is 0.0696. The molecule has 0 spiro atoms. The van der Waals surface area contributed by atoms with Crippen LogP contribution in [0.5, 0.6) is 0 Å². The number of hydrogen-bond acceptors (Lipinski definition) is 9. The maximum Gasteiger partial charge on any atom is 0.335 e. The number of rotatable bonds is 15. The summed E-state index contributed by atoms with van der Waals surface area (Å²) in [6.07, 6.45) is 10.6. The second-order valence-electron chi connectivity index (χ2n) is 14.2. The average molecular weight is 850 g/mol. The predicted molar refractivity (Wildman–Crippen MR) is 219 cm³/mol. The van der Waals surface area contributed by atoms with Crippen LogP contribution in [0.15, 0.2) is 110 Å². The van der Waals surface area contributed by atoms with Crippen LogP contribution in [-0.4, -0.2) is 86.1 Å². The Labute approximate surface area is 332 Å². The molecule has 56 heavy (non-hydrogen) atoms. The van der Waals surface area contributed by atoms with Crippen LogP contribution >= 0.6 is 11.6 Å². The van der Waals surface area contributed by atoms with Gasteiger partial charge in [0.2, 0.25) is 0 Å². The number of anilines is 1. The summed E-state index contributed by atoms with van der Waals surface area (Å²) in [5.41, 5.74) is 2.63. The molecule has 2 aliphatic heterocycles. The van der Waals surface area contributed by atoms with Crippen LogP contribution in [0, 0.1) is 5.41 Å². The molecule has 0 radical (unpaired) electrons. The lowest BCUT2D eigenvalue weighted by atomic mass is 9.80. The number of benzene rings is 2.